The largest absolute Gasteiger partial charge is 0.495 e. The quantitative estimate of drug-likeness (QED) is 0.395. The van der Waals surface area contributed by atoms with Crippen LogP contribution < -0.4 is 15.7 Å². The number of methoxy groups -OCH3 is 1. The zero-order chi connectivity index (χ0) is 23.2. The van der Waals surface area contributed by atoms with Gasteiger partial charge in [-0.25, -0.2) is 9.78 Å². The van der Waals surface area contributed by atoms with Crippen molar-refractivity contribution >= 4 is 50.1 Å². The maximum absolute atomic E-state index is 13.6. The number of carbonyl (C=O) groups is 1. The van der Waals surface area contributed by atoms with Crippen molar-refractivity contribution in [3.63, 3.8) is 0 Å². The molecule has 0 unspecified atom stereocenters. The van der Waals surface area contributed by atoms with Gasteiger partial charge in [0.05, 0.1) is 23.1 Å². The molecule has 172 valence electrons. The van der Waals surface area contributed by atoms with Crippen LogP contribution in [-0.2, 0) is 24.2 Å². The molecule has 1 aliphatic rings. The van der Waals surface area contributed by atoms with Gasteiger partial charge in [0.1, 0.15) is 17.1 Å². The summed E-state index contributed by atoms with van der Waals surface area (Å²) in [6.45, 7) is -0.128. The fraction of sp³-hybridized carbons (Fsp3) is 0.250. The second-order valence-electron chi connectivity index (χ2n) is 8.16. The summed E-state index contributed by atoms with van der Waals surface area (Å²) in [5.74, 6) is 0.782. The topological polar surface area (TPSA) is 90.5 Å². The van der Waals surface area contributed by atoms with Crippen molar-refractivity contribution < 1.29 is 9.53 Å². The van der Waals surface area contributed by atoms with Gasteiger partial charge in [-0.15, -0.1) is 27.8 Å². The number of benzene rings is 1. The lowest BCUT2D eigenvalue weighted by molar-refractivity contribution is -0.116. The highest BCUT2D eigenvalue weighted by Gasteiger charge is 2.25. The monoisotopic (exact) mass is 491 g/mol. The molecule has 1 aromatic carbocycles. The Kier molecular flexibility index (Phi) is 5.19. The number of anilines is 1. The number of aromatic nitrogens is 4. The predicted molar refractivity (Wildman–Crippen MR) is 134 cm³/mol. The van der Waals surface area contributed by atoms with Gasteiger partial charge in [0.15, 0.2) is 11.5 Å². The van der Waals surface area contributed by atoms with Gasteiger partial charge in [0.25, 0.3) is 0 Å². The van der Waals surface area contributed by atoms with Crippen molar-refractivity contribution in [2.45, 2.75) is 32.2 Å². The number of thiophene rings is 2. The molecule has 4 heterocycles. The highest BCUT2D eigenvalue weighted by Crippen LogP contribution is 2.38. The Hall–Kier alpha value is -3.50. The molecular formula is C24H21N5O3S2. The molecule has 0 saturated heterocycles. The zero-order valence-electron chi connectivity index (χ0n) is 18.4. The molecule has 0 spiro atoms. The summed E-state index contributed by atoms with van der Waals surface area (Å²) < 4.78 is 8.23. The Morgan fingerprint density at radius 3 is 2.85 bits per heavy atom. The molecule has 1 amide bonds. The van der Waals surface area contributed by atoms with Crippen LogP contribution in [0.1, 0.15) is 23.3 Å². The van der Waals surface area contributed by atoms with Crippen molar-refractivity contribution in [1.82, 2.24) is 19.2 Å². The van der Waals surface area contributed by atoms with E-state index in [-0.39, 0.29) is 18.1 Å². The van der Waals surface area contributed by atoms with E-state index < -0.39 is 0 Å². The molecule has 5 aromatic rings. The minimum absolute atomic E-state index is 0.128. The Labute approximate surface area is 202 Å². The molecule has 0 fully saturated rings. The van der Waals surface area contributed by atoms with Gasteiger partial charge in [-0.05, 0) is 54.8 Å². The third-order valence-corrected chi connectivity index (χ3v) is 8.25. The van der Waals surface area contributed by atoms with Crippen LogP contribution in [0.2, 0.25) is 0 Å². The number of fused-ring (bicyclic) bond motifs is 5. The number of amides is 1. The second-order valence-corrected chi connectivity index (χ2v) is 10.2. The van der Waals surface area contributed by atoms with Gasteiger partial charge < -0.3 is 10.1 Å². The Morgan fingerprint density at radius 2 is 2.03 bits per heavy atom. The molecule has 10 heteroatoms. The summed E-state index contributed by atoms with van der Waals surface area (Å²) in [5, 5.41) is 10.3. The number of nitrogens with one attached hydrogen (secondary N) is 1. The first-order valence-electron chi connectivity index (χ1n) is 11.0. The minimum atomic E-state index is -0.369. The number of carbonyl (C=O) groups excluding carboxylic acids is 1. The Morgan fingerprint density at radius 1 is 1.18 bits per heavy atom. The Bertz CT molecular complexity index is 1600. The standard InChI is InChI=1S/C24H21N5O3S2/c1-32-16-9-4-3-8-15(16)25-19(30)13-28-23-20(14-7-2-5-10-17(14)34-23)22-26-21(18-11-6-12-33-18)27-29(22)24(28)31/h3-4,6,8-9,11-12H,2,5,7,10,13H2,1H3,(H,25,30). The number of nitrogens with zero attached hydrogens (tertiary/aromatic N) is 4. The summed E-state index contributed by atoms with van der Waals surface area (Å²) in [6.07, 6.45) is 4.15. The molecular weight excluding hydrogens is 470 g/mol. The third-order valence-electron chi connectivity index (χ3n) is 6.07. The summed E-state index contributed by atoms with van der Waals surface area (Å²) >= 11 is 3.13. The van der Waals surface area contributed by atoms with Crippen LogP contribution in [-0.4, -0.2) is 32.2 Å². The van der Waals surface area contributed by atoms with Crippen molar-refractivity contribution in [3.8, 4) is 16.5 Å². The molecule has 34 heavy (non-hydrogen) atoms. The Balaban J connectivity index is 1.50. The number of hydrogen-bond acceptors (Lipinski definition) is 7. The highest BCUT2D eigenvalue weighted by atomic mass is 32.1. The average molecular weight is 492 g/mol. The van der Waals surface area contributed by atoms with E-state index in [0.717, 1.165) is 40.8 Å². The molecule has 1 N–H and O–H groups in total. The minimum Gasteiger partial charge on any atom is -0.495 e. The summed E-state index contributed by atoms with van der Waals surface area (Å²) in [6, 6.07) is 11.1. The number of ether oxygens (including phenoxy) is 1. The van der Waals surface area contributed by atoms with E-state index in [4.69, 9.17) is 9.72 Å². The molecule has 0 atom stereocenters. The maximum atomic E-state index is 13.6. The normalized spacial score (nSPS) is 13.3. The van der Waals surface area contributed by atoms with Gasteiger partial charge in [0.2, 0.25) is 5.91 Å². The third kappa shape index (κ3) is 3.41. The number of rotatable bonds is 5. The van der Waals surface area contributed by atoms with E-state index in [1.807, 2.05) is 29.6 Å². The summed E-state index contributed by atoms with van der Waals surface area (Å²) in [4.78, 5) is 34.4. The molecule has 0 bridgehead atoms. The van der Waals surface area contributed by atoms with Crippen molar-refractivity contribution in [2.24, 2.45) is 0 Å². The highest BCUT2D eigenvalue weighted by molar-refractivity contribution is 7.19. The van der Waals surface area contributed by atoms with Gasteiger partial charge in [-0.3, -0.25) is 9.36 Å². The van der Waals surface area contributed by atoms with Gasteiger partial charge in [-0.1, -0.05) is 18.2 Å². The van der Waals surface area contributed by atoms with Crippen LogP contribution in [0.15, 0.2) is 46.6 Å². The van der Waals surface area contributed by atoms with E-state index in [1.165, 1.54) is 30.9 Å². The lowest BCUT2D eigenvalue weighted by atomic mass is 9.97. The number of aryl methyl sites for hydroxylation is 2. The fourth-order valence-corrected chi connectivity index (χ4v) is 6.54. The molecule has 4 aromatic heterocycles. The van der Waals surface area contributed by atoms with Crippen molar-refractivity contribution in [3.05, 3.63) is 62.7 Å². The summed E-state index contributed by atoms with van der Waals surface area (Å²) in [7, 11) is 1.55. The van der Waals surface area contributed by atoms with Crippen LogP contribution in [0, 0.1) is 0 Å². The van der Waals surface area contributed by atoms with E-state index in [2.05, 4.69) is 10.4 Å². The van der Waals surface area contributed by atoms with Crippen LogP contribution in [0.3, 0.4) is 0 Å². The van der Waals surface area contributed by atoms with Gasteiger partial charge in [0, 0.05) is 4.88 Å². The molecule has 0 aliphatic heterocycles. The van der Waals surface area contributed by atoms with Crippen molar-refractivity contribution in [1.29, 1.82) is 0 Å². The number of hydrogen-bond donors (Lipinski definition) is 1. The lowest BCUT2D eigenvalue weighted by Gasteiger charge is -2.12. The molecule has 0 saturated carbocycles. The van der Waals surface area contributed by atoms with E-state index in [0.29, 0.717) is 22.9 Å². The second kappa shape index (κ2) is 8.37. The first kappa shape index (κ1) is 21.1. The van der Waals surface area contributed by atoms with E-state index in [9.17, 15) is 9.59 Å². The average Bonchev–Trinajstić information content (AvgIpc) is 3.60. The van der Waals surface area contributed by atoms with Gasteiger partial charge >= 0.3 is 5.69 Å². The zero-order valence-corrected chi connectivity index (χ0v) is 20.0. The van der Waals surface area contributed by atoms with Crippen LogP contribution in [0.25, 0.3) is 26.6 Å². The van der Waals surface area contributed by atoms with E-state index >= 15 is 0 Å². The summed E-state index contributed by atoms with van der Waals surface area (Å²) in [5.41, 5.74) is 2.00. The smallest absolute Gasteiger partial charge is 0.352 e. The van der Waals surface area contributed by atoms with Crippen LogP contribution in [0.4, 0.5) is 5.69 Å². The maximum Gasteiger partial charge on any atom is 0.352 e. The predicted octanol–water partition coefficient (Wildman–Crippen LogP) is 4.36. The van der Waals surface area contributed by atoms with Crippen LogP contribution >= 0.6 is 22.7 Å². The molecule has 8 nitrogen and oxygen atoms in total. The van der Waals surface area contributed by atoms with Crippen molar-refractivity contribution in [2.75, 3.05) is 12.4 Å². The SMILES string of the molecule is COc1ccccc1NC(=O)Cn1c(=O)n2nc(-c3cccs3)nc2c2c3c(sc21)CCCC3. The molecule has 6 rings (SSSR count). The lowest BCUT2D eigenvalue weighted by Crippen LogP contribution is -2.32. The molecule has 1 aliphatic carbocycles. The van der Waals surface area contributed by atoms with Crippen LogP contribution in [0.5, 0.6) is 5.75 Å². The number of para-hydroxylation sites is 2. The fourth-order valence-electron chi connectivity index (χ4n) is 4.51. The van der Waals surface area contributed by atoms with Gasteiger partial charge in [-0.2, -0.15) is 4.52 Å². The molecule has 0 radical (unpaired) electrons. The van der Waals surface area contributed by atoms with E-state index in [1.54, 1.807) is 30.6 Å². The first-order valence-corrected chi connectivity index (χ1v) is 12.7. The first-order chi connectivity index (χ1) is 16.6.